The number of ether oxygens (including phenoxy) is 1. The van der Waals surface area contributed by atoms with Gasteiger partial charge in [0.15, 0.2) is 0 Å². The Morgan fingerprint density at radius 3 is 2.65 bits per heavy atom. The van der Waals surface area contributed by atoms with E-state index in [9.17, 15) is 8.76 Å². The van der Waals surface area contributed by atoms with Gasteiger partial charge in [0.05, 0.1) is 12.6 Å². The first-order valence-electron chi connectivity index (χ1n) is 6.72. The third-order valence-corrected chi connectivity index (χ3v) is 4.68. The first kappa shape index (κ1) is 15.8. The second-order valence-electron chi connectivity index (χ2n) is 4.66. The first-order valence-corrected chi connectivity index (χ1v) is 8.61. The molecule has 7 heteroatoms. The molecule has 118 valence electrons. The monoisotopic (exact) mass is 345 g/mol. The Bertz CT molecular complexity index is 854. The fourth-order valence-electron chi connectivity index (χ4n) is 2.13. The lowest BCUT2D eigenvalue weighted by molar-refractivity contribution is 0.415. The number of hydrogen-bond donors (Lipinski definition) is 1. The maximum atomic E-state index is 10.6. The van der Waals surface area contributed by atoms with Crippen LogP contribution in [0.25, 0.3) is 10.9 Å². The highest BCUT2D eigenvalue weighted by atomic mass is 32.2. The van der Waals surface area contributed by atoms with Crippen molar-refractivity contribution in [2.75, 3.05) is 11.8 Å². The molecule has 3 rings (SSSR count). The van der Waals surface area contributed by atoms with Gasteiger partial charge in [0, 0.05) is 44.4 Å². The summed E-state index contributed by atoms with van der Waals surface area (Å²) < 4.78 is 28.8. The number of nitrogens with zero attached hydrogens (tertiary/aromatic N) is 1. The molecular weight excluding hydrogens is 332 g/mol. The number of nitrogens with one attached hydrogen (secondary N) is 1. The predicted molar refractivity (Wildman–Crippen MR) is 91.4 cm³/mol. The maximum absolute atomic E-state index is 10.6. The smallest absolute Gasteiger partial charge is 0.121 e. The van der Waals surface area contributed by atoms with Crippen molar-refractivity contribution >= 4 is 39.6 Å². The van der Waals surface area contributed by atoms with Crippen LogP contribution in [0, 0.1) is 0 Å². The third kappa shape index (κ3) is 3.82. The van der Waals surface area contributed by atoms with Gasteiger partial charge in [-0.2, -0.15) is 0 Å². The summed E-state index contributed by atoms with van der Waals surface area (Å²) in [6.07, 6.45) is 1.76. The Kier molecular flexibility index (Phi) is 4.80. The molecule has 0 saturated heterocycles. The molecule has 0 aliphatic rings. The zero-order valence-electron chi connectivity index (χ0n) is 12.2. The Labute approximate surface area is 140 Å². The molecule has 23 heavy (non-hydrogen) atoms. The molecule has 5 nitrogen and oxygen atoms in total. The molecule has 2 aromatic carbocycles. The number of aromatic nitrogens is 1. The van der Waals surface area contributed by atoms with Crippen LogP contribution in [0.4, 0.5) is 5.69 Å². The van der Waals surface area contributed by atoms with Crippen molar-refractivity contribution in [3.8, 4) is 5.75 Å². The van der Waals surface area contributed by atoms with Gasteiger partial charge in [0.25, 0.3) is 0 Å². The van der Waals surface area contributed by atoms with Gasteiger partial charge in [0.1, 0.15) is 5.75 Å². The summed E-state index contributed by atoms with van der Waals surface area (Å²) >= 11 is -0.714. The van der Waals surface area contributed by atoms with E-state index in [1.807, 2.05) is 36.4 Å². The largest absolute Gasteiger partial charge is 0.755 e. The zero-order valence-corrected chi connectivity index (χ0v) is 13.8. The molecule has 0 spiro atoms. The second kappa shape index (κ2) is 6.99. The lowest BCUT2D eigenvalue weighted by Gasteiger charge is -2.10. The third-order valence-electron chi connectivity index (χ3n) is 3.19. The quantitative estimate of drug-likeness (QED) is 0.715. The summed E-state index contributed by atoms with van der Waals surface area (Å²) in [7, 11) is 1.63. The normalized spacial score (nSPS) is 12.1. The van der Waals surface area contributed by atoms with Gasteiger partial charge in [-0.25, -0.2) is 0 Å². The molecule has 0 aliphatic carbocycles. The highest BCUT2D eigenvalue weighted by Crippen LogP contribution is 2.34. The van der Waals surface area contributed by atoms with Crippen molar-refractivity contribution < 1.29 is 13.5 Å². The minimum Gasteiger partial charge on any atom is -0.755 e. The standard InChI is InChI=1S/C16H14N2O3S2/c1-21-12-4-7-14-15(10-12)17-9-8-16(14)22-13-5-2-11(3-6-13)18-23(19)20/h2-10,18H,1H3,(H,19,20)/p-1. The molecule has 1 aromatic heterocycles. The molecule has 1 unspecified atom stereocenters. The Morgan fingerprint density at radius 1 is 1.17 bits per heavy atom. The van der Waals surface area contributed by atoms with Crippen LogP contribution in [-0.4, -0.2) is 20.9 Å². The minimum atomic E-state index is -2.31. The molecule has 1 heterocycles. The lowest BCUT2D eigenvalue weighted by Crippen LogP contribution is -2.01. The van der Waals surface area contributed by atoms with Crippen molar-refractivity contribution in [1.29, 1.82) is 0 Å². The average molecular weight is 345 g/mol. The van der Waals surface area contributed by atoms with Crippen molar-refractivity contribution in [3.05, 3.63) is 54.7 Å². The summed E-state index contributed by atoms with van der Waals surface area (Å²) in [5.41, 5.74) is 1.40. The van der Waals surface area contributed by atoms with Gasteiger partial charge in [0.2, 0.25) is 0 Å². The molecule has 1 N–H and O–H groups in total. The van der Waals surface area contributed by atoms with Crippen LogP contribution in [0.3, 0.4) is 0 Å². The molecular formula is C16H13N2O3S2-. The SMILES string of the molecule is COc1ccc2c(Sc3ccc(NS(=O)[O-])cc3)ccnc2c1. The number of benzene rings is 2. The zero-order chi connectivity index (χ0) is 16.2. The van der Waals surface area contributed by atoms with Crippen LogP contribution in [0.5, 0.6) is 5.75 Å². The fourth-order valence-corrected chi connectivity index (χ4v) is 3.40. The van der Waals surface area contributed by atoms with E-state index in [1.54, 1.807) is 37.2 Å². The Hall–Kier alpha value is -2.09. The van der Waals surface area contributed by atoms with Crippen molar-refractivity contribution in [2.24, 2.45) is 0 Å². The summed E-state index contributed by atoms with van der Waals surface area (Å²) in [6, 6.07) is 14.9. The van der Waals surface area contributed by atoms with Crippen LogP contribution < -0.4 is 9.46 Å². The Morgan fingerprint density at radius 2 is 1.96 bits per heavy atom. The van der Waals surface area contributed by atoms with E-state index in [0.29, 0.717) is 5.69 Å². The van der Waals surface area contributed by atoms with Crippen molar-refractivity contribution in [2.45, 2.75) is 9.79 Å². The lowest BCUT2D eigenvalue weighted by atomic mass is 10.2. The molecule has 0 bridgehead atoms. The van der Waals surface area contributed by atoms with Crippen LogP contribution in [0.1, 0.15) is 0 Å². The summed E-state index contributed by atoms with van der Waals surface area (Å²) in [4.78, 5) is 6.45. The van der Waals surface area contributed by atoms with Gasteiger partial charge in [-0.05, 0) is 42.5 Å². The number of fused-ring (bicyclic) bond motifs is 1. The highest BCUT2D eigenvalue weighted by molar-refractivity contribution is 7.99. The van der Waals surface area contributed by atoms with E-state index < -0.39 is 11.3 Å². The van der Waals surface area contributed by atoms with E-state index >= 15 is 0 Å². The van der Waals surface area contributed by atoms with Gasteiger partial charge < -0.3 is 14.0 Å². The molecule has 1 atom stereocenters. The van der Waals surface area contributed by atoms with Crippen LogP contribution >= 0.6 is 11.8 Å². The van der Waals surface area contributed by atoms with Crippen LogP contribution in [-0.2, 0) is 11.3 Å². The first-order chi connectivity index (χ1) is 11.2. The molecule has 3 aromatic rings. The maximum Gasteiger partial charge on any atom is 0.121 e. The number of pyridine rings is 1. The van der Waals surface area contributed by atoms with Gasteiger partial charge in [-0.15, -0.1) is 0 Å². The van der Waals surface area contributed by atoms with E-state index in [0.717, 1.165) is 26.4 Å². The molecule has 0 radical (unpaired) electrons. The van der Waals surface area contributed by atoms with E-state index in [2.05, 4.69) is 9.71 Å². The Balaban J connectivity index is 1.87. The van der Waals surface area contributed by atoms with E-state index in [4.69, 9.17) is 4.74 Å². The van der Waals surface area contributed by atoms with Crippen LogP contribution in [0.2, 0.25) is 0 Å². The number of rotatable bonds is 5. The summed E-state index contributed by atoms with van der Waals surface area (Å²) in [5, 5.41) is 1.04. The highest BCUT2D eigenvalue weighted by Gasteiger charge is 2.05. The molecule has 0 aliphatic heterocycles. The van der Waals surface area contributed by atoms with Crippen molar-refractivity contribution in [1.82, 2.24) is 4.98 Å². The second-order valence-corrected chi connectivity index (χ2v) is 6.44. The summed E-state index contributed by atoms with van der Waals surface area (Å²) in [6.45, 7) is 0. The van der Waals surface area contributed by atoms with Gasteiger partial charge >= 0.3 is 0 Å². The van der Waals surface area contributed by atoms with E-state index in [1.165, 1.54) is 0 Å². The van der Waals surface area contributed by atoms with Gasteiger partial charge in [-0.1, -0.05) is 11.8 Å². The number of anilines is 1. The predicted octanol–water partition coefficient (Wildman–Crippen LogP) is 3.60. The minimum absolute atomic E-state index is 0.534. The average Bonchev–Trinajstić information content (AvgIpc) is 2.56. The molecule has 0 saturated carbocycles. The van der Waals surface area contributed by atoms with Crippen LogP contribution in [0.15, 0.2) is 64.5 Å². The molecule has 0 amide bonds. The topological polar surface area (TPSA) is 74.3 Å². The molecule has 0 fully saturated rings. The summed E-state index contributed by atoms with van der Waals surface area (Å²) in [5.74, 6) is 0.771. The number of methoxy groups -OCH3 is 1. The number of hydrogen-bond acceptors (Lipinski definition) is 5. The van der Waals surface area contributed by atoms with E-state index in [-0.39, 0.29) is 0 Å². The van der Waals surface area contributed by atoms with Gasteiger partial charge in [-0.3, -0.25) is 9.19 Å². The van der Waals surface area contributed by atoms with Crippen molar-refractivity contribution in [3.63, 3.8) is 0 Å². The fraction of sp³-hybridized carbons (Fsp3) is 0.0625.